The molecule has 0 bridgehead atoms. The van der Waals surface area contributed by atoms with Crippen molar-refractivity contribution in [1.29, 1.82) is 0 Å². The van der Waals surface area contributed by atoms with Crippen LogP contribution in [0.25, 0.3) is 0 Å². The quantitative estimate of drug-likeness (QED) is 0.576. The Morgan fingerprint density at radius 3 is 2.31 bits per heavy atom. The number of hydrogen-bond donors (Lipinski definition) is 0. The van der Waals surface area contributed by atoms with Gasteiger partial charge < -0.3 is 9.64 Å². The van der Waals surface area contributed by atoms with Crippen molar-refractivity contribution in [3.05, 3.63) is 27.1 Å². The van der Waals surface area contributed by atoms with Crippen LogP contribution < -0.4 is 4.90 Å². The van der Waals surface area contributed by atoms with Gasteiger partial charge in [0, 0.05) is 8.95 Å². The maximum atomic E-state index is 11.1. The number of esters is 2. The maximum Gasteiger partial charge on any atom is 0.333 e. The molecule has 2 rings (SSSR count). The van der Waals surface area contributed by atoms with Gasteiger partial charge in [0.1, 0.15) is 13.1 Å². The van der Waals surface area contributed by atoms with Crippen molar-refractivity contribution in [2.75, 3.05) is 18.0 Å². The second-order valence-electron chi connectivity index (χ2n) is 3.30. The van der Waals surface area contributed by atoms with Gasteiger partial charge in [-0.3, -0.25) is 0 Å². The molecular weight excluding hydrogens is 342 g/mol. The highest BCUT2D eigenvalue weighted by molar-refractivity contribution is 9.11. The van der Waals surface area contributed by atoms with Crippen LogP contribution in [-0.2, 0) is 14.3 Å². The Bertz CT molecular complexity index is 445. The molecule has 1 aliphatic heterocycles. The molecule has 0 radical (unpaired) electrons. The molecule has 0 atom stereocenters. The Labute approximate surface area is 109 Å². The number of ether oxygens (including phenoxy) is 1. The summed E-state index contributed by atoms with van der Waals surface area (Å²) < 4.78 is 6.21. The number of cyclic esters (lactones) is 2. The van der Waals surface area contributed by atoms with Crippen LogP contribution in [0.3, 0.4) is 0 Å². The van der Waals surface area contributed by atoms with E-state index in [1.54, 1.807) is 4.90 Å². The van der Waals surface area contributed by atoms with Gasteiger partial charge in [0.2, 0.25) is 0 Å². The Hall–Kier alpha value is -0.880. The highest BCUT2D eigenvalue weighted by Gasteiger charge is 2.25. The summed E-state index contributed by atoms with van der Waals surface area (Å²) in [6.07, 6.45) is 0. The lowest BCUT2D eigenvalue weighted by Crippen LogP contribution is -2.43. The van der Waals surface area contributed by atoms with Gasteiger partial charge >= 0.3 is 11.9 Å². The molecule has 1 aromatic carbocycles. The van der Waals surface area contributed by atoms with Crippen LogP contribution in [0.4, 0.5) is 5.69 Å². The van der Waals surface area contributed by atoms with Gasteiger partial charge in [-0.25, -0.2) is 9.59 Å². The van der Waals surface area contributed by atoms with Gasteiger partial charge in [-0.05, 0) is 34.1 Å². The van der Waals surface area contributed by atoms with E-state index in [9.17, 15) is 9.59 Å². The molecule has 0 spiro atoms. The molecule has 0 aliphatic carbocycles. The number of hydrogen-bond acceptors (Lipinski definition) is 4. The molecule has 1 aliphatic rings. The number of carbonyl (C=O) groups excluding carboxylic acids is 2. The molecule has 16 heavy (non-hydrogen) atoms. The summed E-state index contributed by atoms with van der Waals surface area (Å²) in [5.41, 5.74) is 0.799. The van der Waals surface area contributed by atoms with Crippen LogP contribution in [0.2, 0.25) is 0 Å². The normalized spacial score (nSPS) is 16.2. The lowest BCUT2D eigenvalue weighted by molar-refractivity contribution is -0.160. The lowest BCUT2D eigenvalue weighted by Gasteiger charge is -2.27. The van der Waals surface area contributed by atoms with E-state index in [1.807, 2.05) is 18.2 Å². The number of anilines is 1. The molecule has 1 saturated heterocycles. The van der Waals surface area contributed by atoms with E-state index in [2.05, 4.69) is 36.6 Å². The first-order chi connectivity index (χ1) is 7.56. The molecule has 1 heterocycles. The van der Waals surface area contributed by atoms with Crippen LogP contribution >= 0.6 is 31.9 Å². The molecule has 84 valence electrons. The fraction of sp³-hybridized carbons (Fsp3) is 0.200. The molecular formula is C10H7Br2NO3. The Morgan fingerprint density at radius 2 is 1.75 bits per heavy atom. The van der Waals surface area contributed by atoms with Crippen molar-refractivity contribution in [2.24, 2.45) is 0 Å². The summed E-state index contributed by atoms with van der Waals surface area (Å²) >= 11 is 6.72. The van der Waals surface area contributed by atoms with Crippen molar-refractivity contribution < 1.29 is 14.3 Å². The summed E-state index contributed by atoms with van der Waals surface area (Å²) in [5.74, 6) is -1.04. The number of carbonyl (C=O) groups is 2. The van der Waals surface area contributed by atoms with Crippen molar-refractivity contribution in [3.8, 4) is 0 Å². The van der Waals surface area contributed by atoms with Crippen molar-refractivity contribution >= 4 is 49.5 Å². The lowest BCUT2D eigenvalue weighted by atomic mass is 10.2. The smallest absolute Gasteiger partial charge is 0.333 e. The zero-order valence-electron chi connectivity index (χ0n) is 8.07. The van der Waals surface area contributed by atoms with Gasteiger partial charge in [0.25, 0.3) is 0 Å². The zero-order chi connectivity index (χ0) is 11.7. The van der Waals surface area contributed by atoms with Crippen LogP contribution in [0, 0.1) is 0 Å². The highest BCUT2D eigenvalue weighted by Crippen LogP contribution is 2.29. The van der Waals surface area contributed by atoms with Gasteiger partial charge in [-0.2, -0.15) is 0 Å². The zero-order valence-corrected chi connectivity index (χ0v) is 11.2. The van der Waals surface area contributed by atoms with E-state index < -0.39 is 11.9 Å². The first-order valence-corrected chi connectivity index (χ1v) is 6.08. The summed E-state index contributed by atoms with van der Waals surface area (Å²) in [6.45, 7) is 0.179. The summed E-state index contributed by atoms with van der Waals surface area (Å²) in [7, 11) is 0. The highest BCUT2D eigenvalue weighted by atomic mass is 79.9. The molecule has 0 unspecified atom stereocenters. The minimum absolute atomic E-state index is 0.0893. The number of morpholine rings is 1. The van der Waals surface area contributed by atoms with Crippen LogP contribution in [-0.4, -0.2) is 25.0 Å². The summed E-state index contributed by atoms with van der Waals surface area (Å²) in [4.78, 5) is 23.9. The monoisotopic (exact) mass is 347 g/mol. The average Bonchev–Trinajstić information content (AvgIpc) is 2.15. The SMILES string of the molecule is O=C1CN(c2ccc(Br)cc2Br)CC(=O)O1. The Balaban J connectivity index is 2.29. The average molecular weight is 349 g/mol. The molecule has 0 N–H and O–H groups in total. The van der Waals surface area contributed by atoms with Crippen LogP contribution in [0.5, 0.6) is 0 Å². The topological polar surface area (TPSA) is 46.6 Å². The molecule has 4 nitrogen and oxygen atoms in total. The predicted molar refractivity (Wildman–Crippen MR) is 65.2 cm³/mol. The molecule has 0 aromatic heterocycles. The molecule has 0 saturated carbocycles. The molecule has 0 amide bonds. The van der Waals surface area contributed by atoms with Gasteiger partial charge in [-0.15, -0.1) is 0 Å². The molecule has 1 fully saturated rings. The van der Waals surface area contributed by atoms with E-state index in [0.717, 1.165) is 14.6 Å². The van der Waals surface area contributed by atoms with Crippen molar-refractivity contribution in [1.82, 2.24) is 0 Å². The third-order valence-electron chi connectivity index (χ3n) is 2.12. The minimum Gasteiger partial charge on any atom is -0.390 e. The molecule has 6 heteroatoms. The van der Waals surface area contributed by atoms with Gasteiger partial charge in [0.15, 0.2) is 0 Å². The van der Waals surface area contributed by atoms with E-state index >= 15 is 0 Å². The van der Waals surface area contributed by atoms with Gasteiger partial charge in [0.05, 0.1) is 5.69 Å². The van der Waals surface area contributed by atoms with E-state index in [1.165, 1.54) is 0 Å². The largest absolute Gasteiger partial charge is 0.390 e. The Kier molecular flexibility index (Phi) is 3.30. The Morgan fingerprint density at radius 1 is 1.12 bits per heavy atom. The number of rotatable bonds is 1. The first-order valence-electron chi connectivity index (χ1n) is 4.50. The maximum absolute atomic E-state index is 11.1. The fourth-order valence-electron chi connectivity index (χ4n) is 1.47. The standard InChI is InChI=1S/C10H7Br2NO3/c11-6-1-2-8(7(12)3-6)13-4-9(14)16-10(15)5-13/h1-3H,4-5H2. The molecule has 1 aromatic rings. The van der Waals surface area contributed by atoms with E-state index in [-0.39, 0.29) is 13.1 Å². The first kappa shape index (κ1) is 11.6. The third kappa shape index (κ3) is 2.44. The minimum atomic E-state index is -0.522. The van der Waals surface area contributed by atoms with Gasteiger partial charge in [-0.1, -0.05) is 15.9 Å². The van der Waals surface area contributed by atoms with Crippen LogP contribution in [0.1, 0.15) is 0 Å². The third-order valence-corrected chi connectivity index (χ3v) is 3.25. The second-order valence-corrected chi connectivity index (χ2v) is 5.07. The van der Waals surface area contributed by atoms with Crippen molar-refractivity contribution in [3.63, 3.8) is 0 Å². The number of nitrogens with zero attached hydrogens (tertiary/aromatic N) is 1. The second kappa shape index (κ2) is 4.55. The van der Waals surface area contributed by atoms with Crippen molar-refractivity contribution in [2.45, 2.75) is 0 Å². The number of halogens is 2. The fourth-order valence-corrected chi connectivity index (χ4v) is 2.76. The summed E-state index contributed by atoms with van der Waals surface area (Å²) in [5, 5.41) is 0. The number of benzene rings is 1. The summed E-state index contributed by atoms with van der Waals surface area (Å²) in [6, 6.07) is 5.55. The predicted octanol–water partition coefficient (Wildman–Crippen LogP) is 2.10. The van der Waals surface area contributed by atoms with Crippen LogP contribution in [0.15, 0.2) is 27.1 Å². The van der Waals surface area contributed by atoms with E-state index in [0.29, 0.717) is 0 Å². The van der Waals surface area contributed by atoms with E-state index in [4.69, 9.17) is 0 Å².